The number of carbonyl (C=O) groups excluding carboxylic acids is 2. The van der Waals surface area contributed by atoms with Crippen LogP contribution in [-0.2, 0) is 9.59 Å². The van der Waals surface area contributed by atoms with Crippen molar-refractivity contribution in [2.24, 2.45) is 5.92 Å². The number of hydrogen-bond acceptors (Lipinski definition) is 2. The fourth-order valence-corrected chi connectivity index (χ4v) is 2.18. The van der Waals surface area contributed by atoms with E-state index in [1.807, 2.05) is 19.1 Å². The van der Waals surface area contributed by atoms with Gasteiger partial charge in [-0.2, -0.15) is 0 Å². The summed E-state index contributed by atoms with van der Waals surface area (Å²) in [7, 11) is 0. The van der Waals surface area contributed by atoms with E-state index in [-0.39, 0.29) is 17.7 Å². The van der Waals surface area contributed by atoms with E-state index in [0.29, 0.717) is 19.5 Å². The van der Waals surface area contributed by atoms with E-state index in [0.717, 1.165) is 32.1 Å². The van der Waals surface area contributed by atoms with Crippen LogP contribution in [0, 0.1) is 5.92 Å². The summed E-state index contributed by atoms with van der Waals surface area (Å²) in [4.78, 5) is 23.1. The average Bonchev–Trinajstić information content (AvgIpc) is 2.88. The number of amides is 2. The molecule has 102 valence electrons. The monoisotopic (exact) mass is 252 g/mol. The van der Waals surface area contributed by atoms with Crippen molar-refractivity contribution in [2.75, 3.05) is 13.1 Å². The smallest absolute Gasteiger partial charge is 0.223 e. The number of rotatable bonds is 7. The lowest BCUT2D eigenvalue weighted by Crippen LogP contribution is -2.33. The van der Waals surface area contributed by atoms with Crippen LogP contribution in [0.2, 0.25) is 0 Å². The van der Waals surface area contributed by atoms with Gasteiger partial charge in [-0.05, 0) is 26.2 Å². The van der Waals surface area contributed by atoms with Gasteiger partial charge in [0.05, 0.1) is 0 Å². The Hall–Kier alpha value is -1.32. The molecule has 1 saturated carbocycles. The van der Waals surface area contributed by atoms with Gasteiger partial charge < -0.3 is 10.6 Å². The Kier molecular flexibility index (Phi) is 7.14. The topological polar surface area (TPSA) is 58.2 Å². The number of allylic oxidation sites excluding steroid dienone is 1. The summed E-state index contributed by atoms with van der Waals surface area (Å²) < 4.78 is 0. The third kappa shape index (κ3) is 5.84. The molecule has 0 radical (unpaired) electrons. The maximum Gasteiger partial charge on any atom is 0.223 e. The quantitative estimate of drug-likeness (QED) is 0.536. The standard InChI is InChI=1S/C14H24N2O2/c1-2-3-6-10-15-13(17)9-11-16-14(18)12-7-4-5-8-12/h2-3,12H,4-11H2,1H3,(H,15,17)(H,16,18)/b3-2+. The van der Waals surface area contributed by atoms with Crippen LogP contribution in [0.4, 0.5) is 0 Å². The minimum atomic E-state index is 0.00576. The molecule has 0 aromatic carbocycles. The first-order valence-electron chi connectivity index (χ1n) is 6.89. The summed E-state index contributed by atoms with van der Waals surface area (Å²) >= 11 is 0. The summed E-state index contributed by atoms with van der Waals surface area (Å²) in [6.07, 6.45) is 9.52. The van der Waals surface area contributed by atoms with E-state index in [1.54, 1.807) is 0 Å². The Balaban J connectivity index is 2.02. The molecule has 18 heavy (non-hydrogen) atoms. The van der Waals surface area contributed by atoms with Crippen LogP contribution in [0.25, 0.3) is 0 Å². The second kappa shape index (κ2) is 8.72. The lowest BCUT2D eigenvalue weighted by atomic mass is 10.1. The lowest BCUT2D eigenvalue weighted by Gasteiger charge is -2.10. The van der Waals surface area contributed by atoms with Crippen molar-refractivity contribution < 1.29 is 9.59 Å². The molecule has 4 nitrogen and oxygen atoms in total. The summed E-state index contributed by atoms with van der Waals surface area (Å²) in [6, 6.07) is 0. The maximum atomic E-state index is 11.7. The second-order valence-electron chi connectivity index (χ2n) is 4.73. The molecule has 4 heteroatoms. The minimum absolute atomic E-state index is 0.00576. The molecule has 0 bridgehead atoms. The van der Waals surface area contributed by atoms with Crippen LogP contribution in [0.1, 0.15) is 45.4 Å². The zero-order valence-corrected chi connectivity index (χ0v) is 11.2. The Labute approximate surface area is 109 Å². The highest BCUT2D eigenvalue weighted by molar-refractivity contribution is 5.80. The fourth-order valence-electron chi connectivity index (χ4n) is 2.18. The third-order valence-electron chi connectivity index (χ3n) is 3.25. The van der Waals surface area contributed by atoms with E-state index < -0.39 is 0 Å². The van der Waals surface area contributed by atoms with Gasteiger partial charge in [-0.1, -0.05) is 25.0 Å². The van der Waals surface area contributed by atoms with Crippen LogP contribution >= 0.6 is 0 Å². The number of nitrogens with one attached hydrogen (secondary N) is 2. The van der Waals surface area contributed by atoms with Crippen molar-refractivity contribution in [3.05, 3.63) is 12.2 Å². The van der Waals surface area contributed by atoms with Crippen molar-refractivity contribution >= 4 is 11.8 Å². The summed E-state index contributed by atoms with van der Waals surface area (Å²) in [5.74, 6) is 0.309. The third-order valence-corrected chi connectivity index (χ3v) is 3.25. The molecule has 0 aromatic heterocycles. The van der Waals surface area contributed by atoms with Crippen LogP contribution in [-0.4, -0.2) is 24.9 Å². The minimum Gasteiger partial charge on any atom is -0.356 e. The molecule has 1 fully saturated rings. The summed E-state index contributed by atoms with van der Waals surface area (Å²) in [5.41, 5.74) is 0. The fraction of sp³-hybridized carbons (Fsp3) is 0.714. The molecular weight excluding hydrogens is 228 g/mol. The molecule has 2 amide bonds. The van der Waals surface area contributed by atoms with Crippen molar-refractivity contribution in [1.82, 2.24) is 10.6 Å². The van der Waals surface area contributed by atoms with E-state index in [2.05, 4.69) is 10.6 Å². The van der Waals surface area contributed by atoms with Crippen LogP contribution in [0.3, 0.4) is 0 Å². The van der Waals surface area contributed by atoms with Gasteiger partial charge in [-0.3, -0.25) is 9.59 Å². The zero-order chi connectivity index (χ0) is 13.2. The van der Waals surface area contributed by atoms with Crippen molar-refractivity contribution in [1.29, 1.82) is 0 Å². The van der Waals surface area contributed by atoms with Gasteiger partial charge in [0, 0.05) is 25.4 Å². The molecule has 0 aliphatic heterocycles. The first kappa shape index (κ1) is 14.7. The first-order chi connectivity index (χ1) is 8.74. The largest absolute Gasteiger partial charge is 0.356 e. The average molecular weight is 252 g/mol. The molecule has 1 rings (SSSR count). The van der Waals surface area contributed by atoms with E-state index >= 15 is 0 Å². The number of hydrogen-bond donors (Lipinski definition) is 2. The Bertz CT molecular complexity index is 294. The van der Waals surface area contributed by atoms with Gasteiger partial charge in [0.25, 0.3) is 0 Å². The maximum absolute atomic E-state index is 11.7. The van der Waals surface area contributed by atoms with Gasteiger partial charge in [0.15, 0.2) is 0 Å². The molecule has 1 aliphatic rings. The van der Waals surface area contributed by atoms with Crippen molar-refractivity contribution in [3.8, 4) is 0 Å². The van der Waals surface area contributed by atoms with Gasteiger partial charge in [0.2, 0.25) is 11.8 Å². The predicted molar refractivity (Wildman–Crippen MR) is 72.0 cm³/mol. The highest BCUT2D eigenvalue weighted by Crippen LogP contribution is 2.24. The van der Waals surface area contributed by atoms with Crippen LogP contribution in [0.5, 0.6) is 0 Å². The van der Waals surface area contributed by atoms with Crippen LogP contribution in [0.15, 0.2) is 12.2 Å². The van der Waals surface area contributed by atoms with E-state index in [9.17, 15) is 9.59 Å². The summed E-state index contributed by atoms with van der Waals surface area (Å²) in [6.45, 7) is 3.07. The molecule has 0 saturated heterocycles. The lowest BCUT2D eigenvalue weighted by molar-refractivity contribution is -0.125. The highest BCUT2D eigenvalue weighted by Gasteiger charge is 2.22. The van der Waals surface area contributed by atoms with Gasteiger partial charge in [-0.25, -0.2) is 0 Å². The summed E-state index contributed by atoms with van der Waals surface area (Å²) in [5, 5.41) is 5.66. The molecule has 1 aliphatic carbocycles. The predicted octanol–water partition coefficient (Wildman–Crippen LogP) is 1.77. The molecule has 0 unspecified atom stereocenters. The molecule has 0 aromatic rings. The Morgan fingerprint density at radius 2 is 1.89 bits per heavy atom. The van der Waals surface area contributed by atoms with Crippen molar-refractivity contribution in [3.63, 3.8) is 0 Å². The molecule has 2 N–H and O–H groups in total. The van der Waals surface area contributed by atoms with Crippen molar-refractivity contribution in [2.45, 2.75) is 45.4 Å². The number of carbonyl (C=O) groups is 2. The molecule has 0 spiro atoms. The van der Waals surface area contributed by atoms with E-state index in [4.69, 9.17) is 0 Å². The highest BCUT2D eigenvalue weighted by atomic mass is 16.2. The molecule has 0 heterocycles. The van der Waals surface area contributed by atoms with Crippen LogP contribution < -0.4 is 10.6 Å². The van der Waals surface area contributed by atoms with E-state index in [1.165, 1.54) is 0 Å². The van der Waals surface area contributed by atoms with Gasteiger partial charge in [0.1, 0.15) is 0 Å². The Morgan fingerprint density at radius 1 is 1.17 bits per heavy atom. The normalized spacial score (nSPS) is 16.1. The molecular formula is C14H24N2O2. The Morgan fingerprint density at radius 3 is 2.56 bits per heavy atom. The van der Waals surface area contributed by atoms with Gasteiger partial charge in [-0.15, -0.1) is 0 Å². The second-order valence-corrected chi connectivity index (χ2v) is 4.73. The first-order valence-corrected chi connectivity index (χ1v) is 6.89. The SMILES string of the molecule is C/C=C/CCNC(=O)CCNC(=O)C1CCCC1. The zero-order valence-electron chi connectivity index (χ0n) is 11.2. The molecule has 0 atom stereocenters. The van der Waals surface area contributed by atoms with Gasteiger partial charge >= 0.3 is 0 Å².